The Morgan fingerprint density at radius 3 is 2.26 bits per heavy atom. The van der Waals surface area contributed by atoms with Gasteiger partial charge in [0.05, 0.1) is 6.04 Å². The average molecular weight is 333 g/mol. The molecular weight excluding hydrogens is 304 g/mol. The van der Waals surface area contributed by atoms with Crippen LogP contribution < -0.4 is 10.6 Å². The number of hydrogen-bond acceptors (Lipinski definition) is 2. The van der Waals surface area contributed by atoms with Gasteiger partial charge in [-0.1, -0.05) is 0 Å². The molecule has 4 heteroatoms. The molecule has 1 heterocycles. The fourth-order valence-corrected chi connectivity index (χ4v) is 6.73. The van der Waals surface area contributed by atoms with Crippen molar-refractivity contribution in [3.63, 3.8) is 0 Å². The van der Waals surface area contributed by atoms with Gasteiger partial charge in [0, 0.05) is 15.8 Å². The summed E-state index contributed by atoms with van der Waals surface area (Å²) in [7, 11) is 0. The second kappa shape index (κ2) is 5.80. The normalized spacial score (nSPS) is 36.0. The molecule has 0 spiro atoms. The van der Waals surface area contributed by atoms with Crippen LogP contribution in [0.15, 0.2) is 6.07 Å². The molecule has 0 aliphatic heterocycles. The lowest BCUT2D eigenvalue weighted by atomic mass is 9.54. The van der Waals surface area contributed by atoms with Crippen LogP contribution >= 0.6 is 11.3 Å². The Hall–Kier alpha value is -1.03. The quantitative estimate of drug-likeness (QED) is 0.837. The van der Waals surface area contributed by atoms with Crippen LogP contribution in [0.5, 0.6) is 0 Å². The Morgan fingerprint density at radius 2 is 1.74 bits per heavy atom. The van der Waals surface area contributed by atoms with Crippen molar-refractivity contribution in [2.24, 2.45) is 23.7 Å². The molecule has 4 aliphatic rings. The van der Waals surface area contributed by atoms with E-state index in [9.17, 15) is 4.79 Å². The minimum absolute atomic E-state index is 0.0261. The maximum atomic E-state index is 12.5. The Balaban J connectivity index is 1.38. The van der Waals surface area contributed by atoms with Crippen LogP contribution in [0.1, 0.15) is 60.4 Å². The third-order valence-electron chi connectivity index (χ3n) is 6.42. The summed E-state index contributed by atoms with van der Waals surface area (Å²) < 4.78 is 0. The van der Waals surface area contributed by atoms with E-state index in [2.05, 4.69) is 37.5 Å². The van der Waals surface area contributed by atoms with Crippen LogP contribution in [-0.4, -0.2) is 12.1 Å². The van der Waals surface area contributed by atoms with Gasteiger partial charge < -0.3 is 10.6 Å². The number of rotatable bonds is 3. The highest BCUT2D eigenvalue weighted by molar-refractivity contribution is 7.12. The van der Waals surface area contributed by atoms with Crippen molar-refractivity contribution < 1.29 is 4.79 Å². The summed E-state index contributed by atoms with van der Waals surface area (Å²) in [5, 5.41) is 6.51. The maximum absolute atomic E-state index is 12.5. The highest BCUT2D eigenvalue weighted by Gasteiger charge is 2.48. The number of thiophene rings is 1. The lowest BCUT2D eigenvalue weighted by Crippen LogP contribution is -2.57. The van der Waals surface area contributed by atoms with Gasteiger partial charge in [-0.05, 0) is 88.2 Å². The Morgan fingerprint density at radius 1 is 1.13 bits per heavy atom. The summed E-state index contributed by atoms with van der Waals surface area (Å²) in [6.45, 7) is 6.36. The molecule has 0 radical (unpaired) electrons. The van der Waals surface area contributed by atoms with Crippen molar-refractivity contribution in [2.45, 2.75) is 65.0 Å². The molecule has 1 aromatic rings. The van der Waals surface area contributed by atoms with Gasteiger partial charge in [-0.2, -0.15) is 0 Å². The standard InChI is InChI=1S/C19H28N2OS/c1-10-4-17(12(3)23-10)11(2)20-19(22)21-18-15-6-13-5-14(8-15)9-16(18)7-13/h4,11,13-16,18H,5-9H2,1-3H3,(H2,20,21,22). The molecule has 2 amide bonds. The van der Waals surface area contributed by atoms with Crippen molar-refractivity contribution in [1.29, 1.82) is 0 Å². The predicted molar refractivity (Wildman–Crippen MR) is 94.7 cm³/mol. The Bertz CT molecular complexity index is 581. The number of aryl methyl sites for hydroxylation is 2. The van der Waals surface area contributed by atoms with Gasteiger partial charge in [-0.15, -0.1) is 11.3 Å². The molecule has 4 saturated carbocycles. The molecule has 0 aromatic carbocycles. The van der Waals surface area contributed by atoms with Crippen molar-refractivity contribution in [2.75, 3.05) is 0 Å². The highest BCUT2D eigenvalue weighted by atomic mass is 32.1. The van der Waals surface area contributed by atoms with E-state index < -0.39 is 0 Å². The number of carbonyl (C=O) groups is 1. The van der Waals surface area contributed by atoms with E-state index in [0.717, 1.165) is 23.7 Å². The lowest BCUT2D eigenvalue weighted by molar-refractivity contribution is -0.00950. The summed E-state index contributed by atoms with van der Waals surface area (Å²) in [6.07, 6.45) is 6.83. The van der Waals surface area contributed by atoms with Crippen molar-refractivity contribution in [1.82, 2.24) is 10.6 Å². The van der Waals surface area contributed by atoms with E-state index in [4.69, 9.17) is 0 Å². The first-order valence-corrected chi connectivity index (χ1v) is 9.95. The number of hydrogen-bond donors (Lipinski definition) is 2. The summed E-state index contributed by atoms with van der Waals surface area (Å²) in [6, 6.07) is 2.73. The number of amides is 2. The van der Waals surface area contributed by atoms with Gasteiger partial charge >= 0.3 is 6.03 Å². The highest BCUT2D eigenvalue weighted by Crippen LogP contribution is 2.53. The molecule has 1 atom stereocenters. The summed E-state index contributed by atoms with van der Waals surface area (Å²) in [4.78, 5) is 15.1. The van der Waals surface area contributed by atoms with E-state index in [1.54, 1.807) is 0 Å². The monoisotopic (exact) mass is 332 g/mol. The van der Waals surface area contributed by atoms with Crippen molar-refractivity contribution >= 4 is 17.4 Å². The van der Waals surface area contributed by atoms with E-state index >= 15 is 0 Å². The van der Waals surface area contributed by atoms with Crippen LogP contribution in [0.3, 0.4) is 0 Å². The maximum Gasteiger partial charge on any atom is 0.315 e. The largest absolute Gasteiger partial charge is 0.335 e. The minimum atomic E-state index is 0.0261. The Kier molecular flexibility index (Phi) is 3.91. The van der Waals surface area contributed by atoms with Crippen LogP contribution in [0, 0.1) is 37.5 Å². The van der Waals surface area contributed by atoms with Crippen LogP contribution in [-0.2, 0) is 0 Å². The molecule has 126 valence electrons. The van der Waals surface area contributed by atoms with Gasteiger partial charge in [0.25, 0.3) is 0 Å². The lowest BCUT2D eigenvalue weighted by Gasteiger charge is -2.54. The third-order valence-corrected chi connectivity index (χ3v) is 7.40. The van der Waals surface area contributed by atoms with Crippen LogP contribution in [0.4, 0.5) is 4.79 Å². The van der Waals surface area contributed by atoms with Crippen LogP contribution in [0.25, 0.3) is 0 Å². The molecule has 4 fully saturated rings. The molecule has 5 rings (SSSR count). The zero-order valence-corrected chi connectivity index (χ0v) is 15.2. The fraction of sp³-hybridized carbons (Fsp3) is 0.737. The molecule has 1 unspecified atom stereocenters. The SMILES string of the molecule is Cc1cc(C(C)NC(=O)NC2C3CC4CC(C3)CC2C4)c(C)s1. The first-order valence-electron chi connectivity index (χ1n) is 9.13. The second-order valence-corrected chi connectivity index (χ2v) is 9.63. The van der Waals surface area contributed by atoms with Gasteiger partial charge in [-0.25, -0.2) is 4.79 Å². The molecule has 3 nitrogen and oxygen atoms in total. The van der Waals surface area contributed by atoms with Gasteiger partial charge in [0.1, 0.15) is 0 Å². The summed E-state index contributed by atoms with van der Waals surface area (Å²) >= 11 is 1.81. The fourth-order valence-electron chi connectivity index (χ4n) is 5.71. The minimum Gasteiger partial charge on any atom is -0.335 e. The summed E-state index contributed by atoms with van der Waals surface area (Å²) in [5.74, 6) is 3.37. The molecule has 4 aliphatic carbocycles. The average Bonchev–Trinajstić information content (AvgIpc) is 2.81. The van der Waals surface area contributed by atoms with Crippen molar-refractivity contribution in [3.05, 3.63) is 21.4 Å². The van der Waals surface area contributed by atoms with Crippen molar-refractivity contribution in [3.8, 4) is 0 Å². The van der Waals surface area contributed by atoms with E-state index in [0.29, 0.717) is 6.04 Å². The number of urea groups is 1. The zero-order chi connectivity index (χ0) is 16.1. The third kappa shape index (κ3) is 2.90. The molecule has 23 heavy (non-hydrogen) atoms. The molecular formula is C19H28N2OS. The van der Waals surface area contributed by atoms with Gasteiger partial charge in [0.2, 0.25) is 0 Å². The Labute approximate surface area is 143 Å². The topological polar surface area (TPSA) is 41.1 Å². The van der Waals surface area contributed by atoms with E-state index in [1.165, 1.54) is 47.4 Å². The molecule has 0 saturated heterocycles. The first kappa shape index (κ1) is 15.5. The second-order valence-electron chi connectivity index (χ2n) is 8.16. The predicted octanol–water partition coefficient (Wildman–Crippen LogP) is 4.55. The molecule has 2 N–H and O–H groups in total. The first-order chi connectivity index (χ1) is 11.0. The molecule has 4 bridgehead atoms. The smallest absolute Gasteiger partial charge is 0.315 e. The van der Waals surface area contributed by atoms with Gasteiger partial charge in [0.15, 0.2) is 0 Å². The van der Waals surface area contributed by atoms with Crippen LogP contribution in [0.2, 0.25) is 0 Å². The zero-order valence-electron chi connectivity index (χ0n) is 14.4. The summed E-state index contributed by atoms with van der Waals surface area (Å²) in [5.41, 5.74) is 1.26. The van der Waals surface area contributed by atoms with E-state index in [1.807, 2.05) is 11.3 Å². The molecule has 1 aromatic heterocycles. The van der Waals surface area contributed by atoms with Gasteiger partial charge in [-0.3, -0.25) is 0 Å². The number of nitrogens with one attached hydrogen (secondary N) is 2. The van der Waals surface area contributed by atoms with E-state index in [-0.39, 0.29) is 12.1 Å². The number of carbonyl (C=O) groups excluding carboxylic acids is 1.